The van der Waals surface area contributed by atoms with Crippen molar-refractivity contribution in [3.05, 3.63) is 11.4 Å². The minimum absolute atomic E-state index is 0.382. The molecule has 1 saturated heterocycles. The van der Waals surface area contributed by atoms with Crippen molar-refractivity contribution in [3.63, 3.8) is 0 Å². The Morgan fingerprint density at radius 2 is 2.22 bits per heavy atom. The fourth-order valence-corrected chi connectivity index (χ4v) is 2.18. The van der Waals surface area contributed by atoms with Crippen LogP contribution in [-0.4, -0.2) is 44.8 Å². The minimum Gasteiger partial charge on any atom is -0.480 e. The molecule has 0 aromatic carbocycles. The Kier molecular flexibility index (Phi) is 3.22. The smallest absolute Gasteiger partial charge is 0.326 e. The van der Waals surface area contributed by atoms with Crippen LogP contribution < -0.4 is 5.32 Å². The van der Waals surface area contributed by atoms with Gasteiger partial charge >= 0.3 is 12.0 Å². The number of nitrogens with one attached hydrogen (secondary N) is 2. The molecule has 3 N–H and O–H groups in total. The zero-order chi connectivity index (χ0) is 13.3. The van der Waals surface area contributed by atoms with Crippen LogP contribution in [0.15, 0.2) is 0 Å². The molecular weight excluding hydrogens is 236 g/mol. The molecule has 2 heterocycles. The Balaban J connectivity index is 2.11. The van der Waals surface area contributed by atoms with Gasteiger partial charge in [0.15, 0.2) is 0 Å². The van der Waals surface area contributed by atoms with E-state index in [9.17, 15) is 9.59 Å². The molecule has 0 bridgehead atoms. The van der Waals surface area contributed by atoms with Gasteiger partial charge in [0, 0.05) is 6.54 Å². The second kappa shape index (κ2) is 4.67. The number of H-pyrrole nitrogens is 1. The molecule has 18 heavy (non-hydrogen) atoms. The number of aromatic nitrogens is 2. The minimum atomic E-state index is -0.955. The Bertz CT molecular complexity index is 463. The van der Waals surface area contributed by atoms with Crippen molar-refractivity contribution >= 4 is 17.7 Å². The zero-order valence-corrected chi connectivity index (χ0v) is 10.4. The van der Waals surface area contributed by atoms with Gasteiger partial charge in [-0.05, 0) is 26.7 Å². The fraction of sp³-hybridized carbons (Fsp3) is 0.545. The topological polar surface area (TPSA) is 98.3 Å². The first kappa shape index (κ1) is 12.4. The van der Waals surface area contributed by atoms with Crippen LogP contribution in [0.3, 0.4) is 0 Å². The van der Waals surface area contributed by atoms with Crippen LogP contribution in [0.2, 0.25) is 0 Å². The van der Waals surface area contributed by atoms with Gasteiger partial charge in [-0.15, -0.1) is 0 Å². The van der Waals surface area contributed by atoms with E-state index in [0.717, 1.165) is 5.69 Å². The van der Waals surface area contributed by atoms with Crippen LogP contribution in [-0.2, 0) is 4.79 Å². The molecule has 2 rings (SSSR count). The van der Waals surface area contributed by atoms with E-state index in [1.807, 2.05) is 0 Å². The molecule has 1 aliphatic heterocycles. The summed E-state index contributed by atoms with van der Waals surface area (Å²) >= 11 is 0. The van der Waals surface area contributed by atoms with Gasteiger partial charge in [0.1, 0.15) is 6.04 Å². The molecule has 0 spiro atoms. The number of aryl methyl sites for hydroxylation is 2. The summed E-state index contributed by atoms with van der Waals surface area (Å²) in [6.07, 6.45) is 1.22. The maximum atomic E-state index is 12.0. The van der Waals surface area contributed by atoms with Crippen molar-refractivity contribution < 1.29 is 14.7 Å². The first-order chi connectivity index (χ1) is 8.50. The number of nitrogens with zero attached hydrogens (tertiary/aromatic N) is 2. The first-order valence-electron chi connectivity index (χ1n) is 5.82. The van der Waals surface area contributed by atoms with Crippen molar-refractivity contribution in [2.75, 3.05) is 11.9 Å². The average molecular weight is 252 g/mol. The highest BCUT2D eigenvalue weighted by atomic mass is 16.4. The van der Waals surface area contributed by atoms with E-state index < -0.39 is 12.0 Å². The third kappa shape index (κ3) is 2.15. The van der Waals surface area contributed by atoms with Crippen LogP contribution in [0, 0.1) is 13.8 Å². The Hall–Kier alpha value is -2.05. The molecule has 1 fully saturated rings. The molecule has 7 heteroatoms. The summed E-state index contributed by atoms with van der Waals surface area (Å²) in [5.41, 5.74) is 2.06. The van der Waals surface area contributed by atoms with E-state index in [-0.39, 0.29) is 6.03 Å². The number of carboxylic acid groups (broad SMARTS) is 1. The van der Waals surface area contributed by atoms with Gasteiger partial charge in [0.05, 0.1) is 17.1 Å². The van der Waals surface area contributed by atoms with E-state index in [0.29, 0.717) is 30.8 Å². The van der Waals surface area contributed by atoms with Crippen molar-refractivity contribution in [1.29, 1.82) is 0 Å². The lowest BCUT2D eigenvalue weighted by Gasteiger charge is -2.21. The summed E-state index contributed by atoms with van der Waals surface area (Å²) in [4.78, 5) is 24.4. The number of urea groups is 1. The fourth-order valence-electron chi connectivity index (χ4n) is 2.18. The lowest BCUT2D eigenvalue weighted by Crippen LogP contribution is -2.42. The third-order valence-corrected chi connectivity index (χ3v) is 3.16. The van der Waals surface area contributed by atoms with Crippen molar-refractivity contribution in [2.24, 2.45) is 0 Å². The molecule has 1 unspecified atom stereocenters. The molecular formula is C11H16N4O3. The molecule has 1 aliphatic rings. The monoisotopic (exact) mass is 252 g/mol. The number of anilines is 1. The number of likely N-dealkylation sites (tertiary alicyclic amines) is 1. The van der Waals surface area contributed by atoms with Gasteiger partial charge in [-0.1, -0.05) is 0 Å². The Labute approximate surface area is 104 Å². The van der Waals surface area contributed by atoms with Gasteiger partial charge in [-0.3, -0.25) is 5.10 Å². The first-order valence-corrected chi connectivity index (χ1v) is 5.82. The number of hydrogen-bond acceptors (Lipinski definition) is 3. The molecule has 0 saturated carbocycles. The second-order valence-electron chi connectivity index (χ2n) is 4.43. The van der Waals surface area contributed by atoms with Crippen LogP contribution in [0.5, 0.6) is 0 Å². The Morgan fingerprint density at radius 1 is 1.50 bits per heavy atom. The van der Waals surface area contributed by atoms with Crippen molar-refractivity contribution in [2.45, 2.75) is 32.7 Å². The Morgan fingerprint density at radius 3 is 2.78 bits per heavy atom. The predicted octanol–water partition coefficient (Wildman–Crippen LogP) is 1.11. The normalized spacial score (nSPS) is 19.0. The van der Waals surface area contributed by atoms with E-state index >= 15 is 0 Å². The maximum Gasteiger partial charge on any atom is 0.326 e. The molecule has 1 atom stereocenters. The lowest BCUT2D eigenvalue weighted by atomic mass is 10.2. The summed E-state index contributed by atoms with van der Waals surface area (Å²) in [7, 11) is 0. The summed E-state index contributed by atoms with van der Waals surface area (Å²) in [5.74, 6) is -0.955. The van der Waals surface area contributed by atoms with Crippen LogP contribution in [0.1, 0.15) is 24.2 Å². The van der Waals surface area contributed by atoms with E-state index in [2.05, 4.69) is 15.5 Å². The molecule has 0 radical (unpaired) electrons. The summed E-state index contributed by atoms with van der Waals surface area (Å²) in [5, 5.41) is 18.5. The van der Waals surface area contributed by atoms with E-state index in [1.165, 1.54) is 4.90 Å². The third-order valence-electron chi connectivity index (χ3n) is 3.16. The molecule has 2 amide bonds. The SMILES string of the molecule is Cc1n[nH]c(C)c1NC(=O)N1CCCC1C(=O)O. The lowest BCUT2D eigenvalue weighted by molar-refractivity contribution is -0.141. The van der Waals surface area contributed by atoms with Crippen LogP contribution >= 0.6 is 0 Å². The largest absolute Gasteiger partial charge is 0.480 e. The number of aliphatic carboxylic acids is 1. The molecule has 1 aromatic rings. The number of carboxylic acids is 1. The number of rotatable bonds is 2. The molecule has 1 aromatic heterocycles. The van der Waals surface area contributed by atoms with Crippen LogP contribution in [0.4, 0.5) is 10.5 Å². The van der Waals surface area contributed by atoms with Gasteiger partial charge in [0.2, 0.25) is 0 Å². The molecule has 98 valence electrons. The summed E-state index contributed by atoms with van der Waals surface area (Å²) in [6, 6.07) is -1.11. The standard InChI is InChI=1S/C11H16N4O3/c1-6-9(7(2)14-13-6)12-11(18)15-5-3-4-8(15)10(16)17/h8H,3-5H2,1-2H3,(H,12,18)(H,13,14)(H,16,17). The highest BCUT2D eigenvalue weighted by Gasteiger charge is 2.34. The van der Waals surface area contributed by atoms with Gasteiger partial charge in [-0.25, -0.2) is 9.59 Å². The molecule has 0 aliphatic carbocycles. The zero-order valence-electron chi connectivity index (χ0n) is 10.4. The van der Waals surface area contributed by atoms with E-state index in [4.69, 9.17) is 5.11 Å². The van der Waals surface area contributed by atoms with Gasteiger partial charge in [-0.2, -0.15) is 5.10 Å². The maximum absolute atomic E-state index is 12.0. The number of hydrogen-bond donors (Lipinski definition) is 3. The second-order valence-corrected chi connectivity index (χ2v) is 4.43. The number of carbonyl (C=O) groups excluding carboxylic acids is 1. The highest BCUT2D eigenvalue weighted by molar-refractivity contribution is 5.93. The van der Waals surface area contributed by atoms with Crippen molar-refractivity contribution in [3.8, 4) is 0 Å². The van der Waals surface area contributed by atoms with Gasteiger partial charge in [0.25, 0.3) is 0 Å². The van der Waals surface area contributed by atoms with Gasteiger partial charge < -0.3 is 15.3 Å². The number of amides is 2. The van der Waals surface area contributed by atoms with Crippen molar-refractivity contribution in [1.82, 2.24) is 15.1 Å². The van der Waals surface area contributed by atoms with E-state index in [1.54, 1.807) is 13.8 Å². The molecule has 7 nitrogen and oxygen atoms in total. The highest BCUT2D eigenvalue weighted by Crippen LogP contribution is 2.21. The predicted molar refractivity (Wildman–Crippen MR) is 64.4 cm³/mol. The quantitative estimate of drug-likeness (QED) is 0.734. The summed E-state index contributed by atoms with van der Waals surface area (Å²) < 4.78 is 0. The number of aromatic amines is 1. The van der Waals surface area contributed by atoms with Crippen LogP contribution in [0.25, 0.3) is 0 Å². The number of carbonyl (C=O) groups is 2. The summed E-state index contributed by atoms with van der Waals surface area (Å²) in [6.45, 7) is 4.05. The average Bonchev–Trinajstić information content (AvgIpc) is 2.90.